The van der Waals surface area contributed by atoms with Gasteiger partial charge in [0.25, 0.3) is 0 Å². The maximum absolute atomic E-state index is 5.48. The summed E-state index contributed by atoms with van der Waals surface area (Å²) in [5.74, 6) is 2.90. The number of rotatable bonds is 5. The Kier molecular flexibility index (Phi) is 3.80. The van der Waals surface area contributed by atoms with Gasteiger partial charge in [-0.2, -0.15) is 0 Å². The first-order valence-electron chi connectivity index (χ1n) is 5.81. The van der Waals surface area contributed by atoms with Crippen LogP contribution < -0.4 is 10.6 Å². The normalized spacial score (nSPS) is 21.0. The SMILES string of the molecule is Cc1ccc(CNCCC2CCNC2)o1. The van der Waals surface area contributed by atoms with Crippen molar-refractivity contribution in [3.8, 4) is 0 Å². The summed E-state index contributed by atoms with van der Waals surface area (Å²) in [6, 6.07) is 4.05. The Labute approximate surface area is 91.2 Å². The predicted molar refractivity (Wildman–Crippen MR) is 60.7 cm³/mol. The van der Waals surface area contributed by atoms with Gasteiger partial charge in [-0.3, -0.25) is 0 Å². The highest BCUT2D eigenvalue weighted by Crippen LogP contribution is 2.11. The van der Waals surface area contributed by atoms with Crippen LogP contribution in [0.25, 0.3) is 0 Å². The van der Waals surface area contributed by atoms with Crippen LogP contribution in [0.3, 0.4) is 0 Å². The maximum atomic E-state index is 5.48. The molecule has 0 spiro atoms. The molecule has 2 heterocycles. The van der Waals surface area contributed by atoms with E-state index in [2.05, 4.69) is 10.6 Å². The van der Waals surface area contributed by atoms with Crippen LogP contribution in [0.15, 0.2) is 16.5 Å². The van der Waals surface area contributed by atoms with Gasteiger partial charge in [0.2, 0.25) is 0 Å². The molecule has 0 amide bonds. The standard InChI is InChI=1S/C12H20N2O/c1-10-2-3-12(15-10)9-14-7-5-11-4-6-13-8-11/h2-3,11,13-14H,4-9H2,1H3. The average molecular weight is 208 g/mol. The third-order valence-corrected chi connectivity index (χ3v) is 2.99. The van der Waals surface area contributed by atoms with Crippen LogP contribution in [0, 0.1) is 12.8 Å². The molecule has 84 valence electrons. The van der Waals surface area contributed by atoms with Gasteiger partial charge >= 0.3 is 0 Å². The van der Waals surface area contributed by atoms with Crippen molar-refractivity contribution in [1.29, 1.82) is 0 Å². The molecule has 2 rings (SSSR count). The summed E-state index contributed by atoms with van der Waals surface area (Å²) >= 11 is 0. The zero-order valence-electron chi connectivity index (χ0n) is 9.38. The van der Waals surface area contributed by atoms with Crippen LogP contribution in [0.5, 0.6) is 0 Å². The molecule has 1 fully saturated rings. The van der Waals surface area contributed by atoms with Gasteiger partial charge in [-0.1, -0.05) is 0 Å². The molecule has 1 aromatic rings. The number of hydrogen-bond donors (Lipinski definition) is 2. The molecule has 0 aliphatic carbocycles. The molecule has 0 radical (unpaired) electrons. The minimum atomic E-state index is 0.855. The summed E-state index contributed by atoms with van der Waals surface area (Å²) in [4.78, 5) is 0. The Morgan fingerprint density at radius 3 is 3.13 bits per heavy atom. The second-order valence-electron chi connectivity index (χ2n) is 4.34. The van der Waals surface area contributed by atoms with Crippen molar-refractivity contribution >= 4 is 0 Å². The molecule has 0 aromatic carbocycles. The van der Waals surface area contributed by atoms with Crippen LogP contribution in [-0.2, 0) is 6.54 Å². The Balaban J connectivity index is 1.58. The summed E-state index contributed by atoms with van der Waals surface area (Å²) in [7, 11) is 0. The lowest BCUT2D eigenvalue weighted by molar-refractivity contribution is 0.444. The minimum absolute atomic E-state index is 0.855. The fourth-order valence-corrected chi connectivity index (χ4v) is 2.06. The molecule has 15 heavy (non-hydrogen) atoms. The number of hydrogen-bond acceptors (Lipinski definition) is 3. The molecule has 1 aliphatic rings. The molecule has 3 nitrogen and oxygen atoms in total. The van der Waals surface area contributed by atoms with Crippen LogP contribution in [0.4, 0.5) is 0 Å². The zero-order chi connectivity index (χ0) is 10.5. The summed E-state index contributed by atoms with van der Waals surface area (Å²) in [6.07, 6.45) is 2.61. The van der Waals surface area contributed by atoms with E-state index in [1.165, 1.54) is 25.9 Å². The monoisotopic (exact) mass is 208 g/mol. The van der Waals surface area contributed by atoms with Crippen LogP contribution in [0.1, 0.15) is 24.4 Å². The molecule has 0 bridgehead atoms. The number of nitrogens with one attached hydrogen (secondary N) is 2. The van der Waals surface area contributed by atoms with Crippen LogP contribution in [-0.4, -0.2) is 19.6 Å². The lowest BCUT2D eigenvalue weighted by Crippen LogP contribution is -2.18. The van der Waals surface area contributed by atoms with Crippen molar-refractivity contribution < 1.29 is 4.42 Å². The van der Waals surface area contributed by atoms with Crippen molar-refractivity contribution in [2.45, 2.75) is 26.3 Å². The largest absolute Gasteiger partial charge is 0.465 e. The van der Waals surface area contributed by atoms with E-state index in [4.69, 9.17) is 4.42 Å². The fourth-order valence-electron chi connectivity index (χ4n) is 2.06. The first-order valence-corrected chi connectivity index (χ1v) is 5.81. The van der Waals surface area contributed by atoms with Gasteiger partial charge in [-0.15, -0.1) is 0 Å². The van der Waals surface area contributed by atoms with Gasteiger partial charge in [-0.25, -0.2) is 0 Å². The second kappa shape index (κ2) is 5.33. The van der Waals surface area contributed by atoms with E-state index in [1.54, 1.807) is 0 Å². The van der Waals surface area contributed by atoms with Crippen molar-refractivity contribution in [1.82, 2.24) is 10.6 Å². The van der Waals surface area contributed by atoms with E-state index in [-0.39, 0.29) is 0 Å². The highest BCUT2D eigenvalue weighted by molar-refractivity contribution is 5.05. The Hall–Kier alpha value is -0.800. The third-order valence-electron chi connectivity index (χ3n) is 2.99. The van der Waals surface area contributed by atoms with Gasteiger partial charge in [0.15, 0.2) is 0 Å². The third kappa shape index (κ3) is 3.36. The molecule has 3 heteroatoms. The van der Waals surface area contributed by atoms with Gasteiger partial charge in [-0.05, 0) is 57.5 Å². The summed E-state index contributed by atoms with van der Waals surface area (Å²) in [6.45, 7) is 6.32. The fraction of sp³-hybridized carbons (Fsp3) is 0.667. The molecular formula is C12H20N2O. The molecular weight excluding hydrogens is 188 g/mol. The predicted octanol–water partition coefficient (Wildman–Crippen LogP) is 1.68. The van der Waals surface area contributed by atoms with Crippen LogP contribution >= 0.6 is 0 Å². The molecule has 1 unspecified atom stereocenters. The van der Waals surface area contributed by atoms with E-state index in [9.17, 15) is 0 Å². The van der Waals surface area contributed by atoms with Gasteiger partial charge in [0.1, 0.15) is 11.5 Å². The Bertz CT molecular complexity index is 290. The van der Waals surface area contributed by atoms with E-state index in [0.29, 0.717) is 0 Å². The highest BCUT2D eigenvalue weighted by atomic mass is 16.3. The summed E-state index contributed by atoms with van der Waals surface area (Å²) < 4.78 is 5.48. The number of aryl methyl sites for hydroxylation is 1. The first-order chi connectivity index (χ1) is 7.34. The number of furan rings is 1. The maximum Gasteiger partial charge on any atom is 0.117 e. The smallest absolute Gasteiger partial charge is 0.117 e. The minimum Gasteiger partial charge on any atom is -0.465 e. The summed E-state index contributed by atoms with van der Waals surface area (Å²) in [5, 5.41) is 6.81. The lowest BCUT2D eigenvalue weighted by atomic mass is 10.1. The zero-order valence-corrected chi connectivity index (χ0v) is 9.38. The van der Waals surface area contributed by atoms with Gasteiger partial charge in [0.05, 0.1) is 6.54 Å². The van der Waals surface area contributed by atoms with Crippen molar-refractivity contribution in [2.24, 2.45) is 5.92 Å². The quantitative estimate of drug-likeness (QED) is 0.723. The molecule has 1 aliphatic heterocycles. The van der Waals surface area contributed by atoms with E-state index < -0.39 is 0 Å². The Morgan fingerprint density at radius 2 is 2.47 bits per heavy atom. The molecule has 1 atom stereocenters. The van der Waals surface area contributed by atoms with Gasteiger partial charge < -0.3 is 15.1 Å². The highest BCUT2D eigenvalue weighted by Gasteiger charge is 2.13. The van der Waals surface area contributed by atoms with E-state index in [1.807, 2.05) is 19.1 Å². The van der Waals surface area contributed by atoms with E-state index in [0.717, 1.165) is 30.5 Å². The molecule has 1 saturated heterocycles. The van der Waals surface area contributed by atoms with Crippen molar-refractivity contribution in [3.05, 3.63) is 23.7 Å². The second-order valence-corrected chi connectivity index (χ2v) is 4.34. The Morgan fingerprint density at radius 1 is 1.53 bits per heavy atom. The topological polar surface area (TPSA) is 37.2 Å². The molecule has 0 saturated carbocycles. The summed E-state index contributed by atoms with van der Waals surface area (Å²) in [5.41, 5.74) is 0. The van der Waals surface area contributed by atoms with Crippen LogP contribution in [0.2, 0.25) is 0 Å². The lowest BCUT2D eigenvalue weighted by Gasteiger charge is -2.08. The average Bonchev–Trinajstić information content (AvgIpc) is 2.84. The van der Waals surface area contributed by atoms with Crippen molar-refractivity contribution in [3.63, 3.8) is 0 Å². The first kappa shape index (κ1) is 10.7. The van der Waals surface area contributed by atoms with Gasteiger partial charge in [0, 0.05) is 0 Å². The molecule has 1 aromatic heterocycles. The molecule has 2 N–H and O–H groups in total. The van der Waals surface area contributed by atoms with E-state index >= 15 is 0 Å². The van der Waals surface area contributed by atoms with Crippen molar-refractivity contribution in [2.75, 3.05) is 19.6 Å².